The molecule has 0 fully saturated rings. The number of pyridine rings is 1. The second kappa shape index (κ2) is 5.93. The predicted molar refractivity (Wildman–Crippen MR) is 88.4 cm³/mol. The minimum absolute atomic E-state index is 0.406. The molecule has 0 spiro atoms. The second-order valence-electron chi connectivity index (χ2n) is 5.43. The Kier molecular flexibility index (Phi) is 3.82. The summed E-state index contributed by atoms with van der Waals surface area (Å²) in [7, 11) is 0. The molecular weight excluding hydrogens is 288 g/mol. The molecule has 5 nitrogen and oxygen atoms in total. The number of aryl methyl sites for hydroxylation is 3. The molecule has 114 valence electrons. The summed E-state index contributed by atoms with van der Waals surface area (Å²) in [5.74, 6) is 0.742. The molecule has 3 rings (SSSR count). The first-order valence-corrected chi connectivity index (χ1v) is 7.25. The van der Waals surface area contributed by atoms with Crippen LogP contribution in [0.25, 0.3) is 11.3 Å². The molecule has 0 aliphatic rings. The number of nitriles is 1. The molecule has 0 radical (unpaired) electrons. The fourth-order valence-electron chi connectivity index (χ4n) is 2.31. The highest BCUT2D eigenvalue weighted by atomic mass is 16.4. The number of hydrogen-bond donors (Lipinski definition) is 1. The zero-order valence-corrected chi connectivity index (χ0v) is 13.2. The molecule has 0 aliphatic heterocycles. The largest absolute Gasteiger partial charge is 0.423 e. The zero-order valence-electron chi connectivity index (χ0n) is 13.2. The van der Waals surface area contributed by atoms with Crippen molar-refractivity contribution in [2.45, 2.75) is 20.8 Å². The summed E-state index contributed by atoms with van der Waals surface area (Å²) in [5.41, 5.74) is 4.96. The van der Waals surface area contributed by atoms with Gasteiger partial charge in [0.2, 0.25) is 0 Å². The van der Waals surface area contributed by atoms with Gasteiger partial charge in [-0.2, -0.15) is 10.2 Å². The zero-order chi connectivity index (χ0) is 16.4. The third-order valence-corrected chi connectivity index (χ3v) is 3.55. The molecule has 23 heavy (non-hydrogen) atoms. The molecule has 0 aliphatic carbocycles. The monoisotopic (exact) mass is 304 g/mol. The van der Waals surface area contributed by atoms with Crippen LogP contribution in [0.15, 0.2) is 40.9 Å². The maximum absolute atomic E-state index is 8.92. The Labute approximate surface area is 134 Å². The summed E-state index contributed by atoms with van der Waals surface area (Å²) < 4.78 is 5.83. The topological polar surface area (TPSA) is 74.7 Å². The molecule has 0 bridgehead atoms. The van der Waals surface area contributed by atoms with Gasteiger partial charge in [-0.25, -0.2) is 4.98 Å². The molecule has 2 aromatic heterocycles. The second-order valence-corrected chi connectivity index (χ2v) is 5.43. The lowest BCUT2D eigenvalue weighted by Gasteiger charge is -2.03. The SMILES string of the molecule is Cc1ccc(-c2oc(Nc3cnc(C#N)c(C)c3)nc2C)cc1. The molecule has 0 unspecified atom stereocenters. The van der Waals surface area contributed by atoms with Gasteiger partial charge in [0.15, 0.2) is 5.76 Å². The molecular formula is C18H16N4O. The summed E-state index contributed by atoms with van der Waals surface area (Å²) in [6.45, 7) is 5.80. The van der Waals surface area contributed by atoms with Crippen molar-refractivity contribution in [3.05, 3.63) is 59.0 Å². The number of hydrogen-bond acceptors (Lipinski definition) is 5. The molecule has 5 heteroatoms. The molecule has 0 amide bonds. The Morgan fingerprint density at radius 2 is 1.87 bits per heavy atom. The highest BCUT2D eigenvalue weighted by molar-refractivity contribution is 5.63. The third-order valence-electron chi connectivity index (χ3n) is 3.55. The van der Waals surface area contributed by atoms with Gasteiger partial charge in [-0.05, 0) is 32.4 Å². The summed E-state index contributed by atoms with van der Waals surface area (Å²) in [4.78, 5) is 8.50. The number of nitrogens with zero attached hydrogens (tertiary/aromatic N) is 3. The van der Waals surface area contributed by atoms with E-state index in [1.807, 2.05) is 57.2 Å². The van der Waals surface area contributed by atoms with Crippen LogP contribution in [-0.4, -0.2) is 9.97 Å². The molecule has 1 aromatic carbocycles. The van der Waals surface area contributed by atoms with Gasteiger partial charge in [-0.15, -0.1) is 0 Å². The minimum Gasteiger partial charge on any atom is -0.423 e. The van der Waals surface area contributed by atoms with Crippen LogP contribution in [0.5, 0.6) is 0 Å². The Balaban J connectivity index is 1.88. The number of rotatable bonds is 3. The first-order chi connectivity index (χ1) is 11.1. The van der Waals surface area contributed by atoms with E-state index < -0.39 is 0 Å². The van der Waals surface area contributed by atoms with Crippen LogP contribution in [0.3, 0.4) is 0 Å². The van der Waals surface area contributed by atoms with E-state index in [0.29, 0.717) is 11.7 Å². The maximum atomic E-state index is 8.92. The van der Waals surface area contributed by atoms with Crippen molar-refractivity contribution in [3.63, 3.8) is 0 Å². The van der Waals surface area contributed by atoms with Crippen molar-refractivity contribution in [1.82, 2.24) is 9.97 Å². The van der Waals surface area contributed by atoms with E-state index in [2.05, 4.69) is 15.3 Å². The highest BCUT2D eigenvalue weighted by Gasteiger charge is 2.12. The quantitative estimate of drug-likeness (QED) is 0.781. The number of nitrogens with one attached hydrogen (secondary N) is 1. The van der Waals surface area contributed by atoms with Crippen LogP contribution in [0.1, 0.15) is 22.5 Å². The van der Waals surface area contributed by atoms with Gasteiger partial charge in [0.25, 0.3) is 6.01 Å². The molecule has 3 aromatic rings. The Bertz CT molecular complexity index is 888. The molecule has 0 saturated heterocycles. The number of aromatic nitrogens is 2. The fraction of sp³-hybridized carbons (Fsp3) is 0.167. The van der Waals surface area contributed by atoms with Crippen molar-refractivity contribution in [1.29, 1.82) is 5.26 Å². The normalized spacial score (nSPS) is 10.3. The van der Waals surface area contributed by atoms with Crippen molar-refractivity contribution in [2.75, 3.05) is 5.32 Å². The average molecular weight is 304 g/mol. The van der Waals surface area contributed by atoms with Crippen LogP contribution in [0.2, 0.25) is 0 Å². The van der Waals surface area contributed by atoms with Crippen molar-refractivity contribution >= 4 is 11.7 Å². The van der Waals surface area contributed by atoms with Crippen LogP contribution in [0, 0.1) is 32.1 Å². The van der Waals surface area contributed by atoms with Crippen LogP contribution < -0.4 is 5.32 Å². The molecule has 1 N–H and O–H groups in total. The standard InChI is InChI=1S/C18H16N4O/c1-11-4-6-14(7-5-11)17-13(3)21-18(23-17)22-15-8-12(2)16(9-19)20-10-15/h4-8,10H,1-3H3,(H,21,22). The Morgan fingerprint density at radius 1 is 1.13 bits per heavy atom. The van der Waals surface area contributed by atoms with Crippen molar-refractivity contribution in [2.24, 2.45) is 0 Å². The summed E-state index contributed by atoms with van der Waals surface area (Å²) in [6, 6.07) is 12.4. The smallest absolute Gasteiger partial charge is 0.299 e. The molecule has 2 heterocycles. The lowest BCUT2D eigenvalue weighted by molar-refractivity contribution is 0.591. The number of benzene rings is 1. The predicted octanol–water partition coefficient (Wildman–Crippen LogP) is 4.28. The molecule has 0 saturated carbocycles. The summed E-state index contributed by atoms with van der Waals surface area (Å²) in [5, 5.41) is 12.0. The van der Waals surface area contributed by atoms with Gasteiger partial charge in [0, 0.05) is 5.56 Å². The lowest BCUT2D eigenvalue weighted by atomic mass is 10.1. The van der Waals surface area contributed by atoms with Gasteiger partial charge < -0.3 is 9.73 Å². The van der Waals surface area contributed by atoms with E-state index in [9.17, 15) is 0 Å². The van der Waals surface area contributed by atoms with E-state index in [0.717, 1.165) is 28.3 Å². The number of oxazole rings is 1. The van der Waals surface area contributed by atoms with E-state index in [1.165, 1.54) is 5.56 Å². The average Bonchev–Trinajstić information content (AvgIpc) is 2.89. The van der Waals surface area contributed by atoms with Gasteiger partial charge in [0.1, 0.15) is 11.8 Å². The van der Waals surface area contributed by atoms with Gasteiger partial charge in [0.05, 0.1) is 17.6 Å². The van der Waals surface area contributed by atoms with Gasteiger partial charge in [-0.1, -0.05) is 29.8 Å². The van der Waals surface area contributed by atoms with Crippen molar-refractivity contribution < 1.29 is 4.42 Å². The van der Waals surface area contributed by atoms with E-state index in [1.54, 1.807) is 6.20 Å². The van der Waals surface area contributed by atoms with E-state index in [4.69, 9.17) is 9.68 Å². The van der Waals surface area contributed by atoms with Crippen LogP contribution in [0.4, 0.5) is 11.7 Å². The first-order valence-electron chi connectivity index (χ1n) is 7.25. The van der Waals surface area contributed by atoms with E-state index in [-0.39, 0.29) is 0 Å². The summed E-state index contributed by atoms with van der Waals surface area (Å²) in [6.07, 6.45) is 1.59. The van der Waals surface area contributed by atoms with Crippen molar-refractivity contribution in [3.8, 4) is 17.4 Å². The minimum atomic E-state index is 0.406. The van der Waals surface area contributed by atoms with Crippen LogP contribution in [-0.2, 0) is 0 Å². The first kappa shape index (κ1) is 14.8. The lowest BCUT2D eigenvalue weighted by Crippen LogP contribution is -1.95. The van der Waals surface area contributed by atoms with Crippen LogP contribution >= 0.6 is 0 Å². The summed E-state index contributed by atoms with van der Waals surface area (Å²) >= 11 is 0. The fourth-order valence-corrected chi connectivity index (χ4v) is 2.31. The van der Waals surface area contributed by atoms with Gasteiger partial charge in [-0.3, -0.25) is 0 Å². The van der Waals surface area contributed by atoms with Gasteiger partial charge >= 0.3 is 0 Å². The number of anilines is 2. The maximum Gasteiger partial charge on any atom is 0.299 e. The third kappa shape index (κ3) is 3.06. The Morgan fingerprint density at radius 3 is 2.52 bits per heavy atom. The highest BCUT2D eigenvalue weighted by Crippen LogP contribution is 2.28. The Hall–Kier alpha value is -3.13. The van der Waals surface area contributed by atoms with E-state index >= 15 is 0 Å². The molecule has 0 atom stereocenters.